The van der Waals surface area contributed by atoms with Crippen molar-refractivity contribution in [2.45, 2.75) is 18.8 Å². The molecule has 7 aromatic rings. The van der Waals surface area contributed by atoms with Crippen LogP contribution in [0.5, 0.6) is 5.75 Å². The van der Waals surface area contributed by atoms with Gasteiger partial charge in [-0.25, -0.2) is 0 Å². The number of phenols is 1. The van der Waals surface area contributed by atoms with E-state index in [-0.39, 0.29) is 52.9 Å². The van der Waals surface area contributed by atoms with Gasteiger partial charge in [0, 0.05) is 23.0 Å². The first-order chi connectivity index (χ1) is 21.2. The van der Waals surface area contributed by atoms with Gasteiger partial charge >= 0.3 is 26.2 Å². The van der Waals surface area contributed by atoms with Crippen molar-refractivity contribution < 1.29 is 31.3 Å². The molecule has 0 amide bonds. The second-order valence-corrected chi connectivity index (χ2v) is 11.0. The molecule has 7 rings (SSSR count). The molecule has 2 heteroatoms. The van der Waals surface area contributed by atoms with Crippen LogP contribution in [0.2, 0.25) is 0 Å². The van der Waals surface area contributed by atoms with Crippen LogP contribution >= 0.6 is 0 Å². The van der Waals surface area contributed by atoms with Gasteiger partial charge in [0.25, 0.3) is 0 Å². The summed E-state index contributed by atoms with van der Waals surface area (Å²) < 4.78 is 0. The molecule has 0 unspecified atom stereocenters. The molecule has 0 bridgehead atoms. The fourth-order valence-electron chi connectivity index (χ4n) is 6.03. The number of aromatic hydroxyl groups is 1. The Bertz CT molecular complexity index is 1660. The molecular weight excluding hydrogens is 636 g/mol. The zero-order chi connectivity index (χ0) is 29.4. The van der Waals surface area contributed by atoms with E-state index in [0.29, 0.717) is 5.75 Å². The van der Waals surface area contributed by atoms with E-state index in [9.17, 15) is 5.11 Å². The van der Waals surface area contributed by atoms with Gasteiger partial charge in [-0.3, -0.25) is 0 Å². The molecule has 0 saturated carbocycles. The molecule has 0 aliphatic rings. The fraction of sp³-hybridized carbons (Fsp3) is 0.0682. The minimum Gasteiger partial charge on any atom is -0.507 e. The van der Waals surface area contributed by atoms with Crippen LogP contribution < -0.4 is 0 Å². The smallest absolute Gasteiger partial charge is 0.507 e. The van der Waals surface area contributed by atoms with Crippen LogP contribution in [0.1, 0.15) is 50.8 Å². The molecule has 7 aromatic carbocycles. The van der Waals surface area contributed by atoms with Gasteiger partial charge < -0.3 is 20.0 Å². The minimum atomic E-state index is -0.0618. The first-order valence-corrected chi connectivity index (χ1v) is 14.8. The van der Waals surface area contributed by atoms with E-state index < -0.39 is 0 Å². The third kappa shape index (κ3) is 8.25. The van der Waals surface area contributed by atoms with Crippen LogP contribution in [-0.2, 0) is 26.2 Å². The third-order valence-electron chi connectivity index (χ3n) is 8.01. The molecule has 0 heterocycles. The van der Waals surface area contributed by atoms with Crippen molar-refractivity contribution in [1.29, 1.82) is 0 Å². The zero-order valence-electron chi connectivity index (χ0n) is 26.8. The first-order valence-electron chi connectivity index (χ1n) is 14.8. The van der Waals surface area contributed by atoms with E-state index in [1.54, 1.807) is 0 Å². The van der Waals surface area contributed by atoms with Gasteiger partial charge in [-0.1, -0.05) is 145 Å². The summed E-state index contributed by atoms with van der Waals surface area (Å²) in [5.41, 5.74) is 7.66. The Kier molecular flexibility index (Phi) is 13.6. The summed E-state index contributed by atoms with van der Waals surface area (Å²) in [7, 11) is 0. The number of hydrogen-bond acceptors (Lipinski definition) is 1. The van der Waals surface area contributed by atoms with Crippen LogP contribution in [0.25, 0.3) is 10.8 Å². The van der Waals surface area contributed by atoms with E-state index in [1.807, 2.05) is 24.3 Å². The quantitative estimate of drug-likeness (QED) is 0.137. The van der Waals surface area contributed by atoms with Crippen LogP contribution in [-0.4, -0.2) is 5.11 Å². The van der Waals surface area contributed by atoms with Crippen molar-refractivity contribution >= 4 is 10.8 Å². The predicted octanol–water partition coefficient (Wildman–Crippen LogP) is 11.5. The summed E-state index contributed by atoms with van der Waals surface area (Å²) in [6, 6.07) is 60.8. The molecule has 0 spiro atoms. The number of rotatable bonds is 6. The van der Waals surface area contributed by atoms with Crippen molar-refractivity contribution in [3.63, 3.8) is 0 Å². The molecule has 1 radical (unpaired) electrons. The molecular formula is C44H41OZr. The molecule has 1 nitrogen and oxygen atoms in total. The van der Waals surface area contributed by atoms with Crippen molar-refractivity contribution in [3.8, 4) is 5.75 Å². The summed E-state index contributed by atoms with van der Waals surface area (Å²) in [5, 5.41) is 14.6. The van der Waals surface area contributed by atoms with E-state index in [1.165, 1.54) is 10.8 Å². The Morgan fingerprint density at radius 2 is 0.826 bits per heavy atom. The summed E-state index contributed by atoms with van der Waals surface area (Å²) in [4.78, 5) is 0. The molecule has 1 N–H and O–H groups in total. The maximum atomic E-state index is 11.9. The zero-order valence-corrected chi connectivity index (χ0v) is 29.3. The van der Waals surface area contributed by atoms with E-state index in [2.05, 4.69) is 159 Å². The number of fused-ring (bicyclic) bond motifs is 1. The summed E-state index contributed by atoms with van der Waals surface area (Å²) >= 11 is 0. The maximum Gasteiger partial charge on any atom is 3.00 e. The predicted molar refractivity (Wildman–Crippen MR) is 193 cm³/mol. The van der Waals surface area contributed by atoms with Crippen molar-refractivity contribution in [2.24, 2.45) is 0 Å². The Hall–Kier alpha value is -4.39. The second kappa shape index (κ2) is 17.3. The van der Waals surface area contributed by atoms with Gasteiger partial charge in [-0.05, 0) is 29.2 Å². The van der Waals surface area contributed by atoms with Crippen LogP contribution in [0.15, 0.2) is 176 Å². The van der Waals surface area contributed by atoms with Gasteiger partial charge in [0.2, 0.25) is 0 Å². The van der Waals surface area contributed by atoms with Crippen molar-refractivity contribution in [1.82, 2.24) is 0 Å². The Morgan fingerprint density at radius 1 is 0.478 bits per heavy atom. The number of hydrogen-bond donors (Lipinski definition) is 1. The summed E-state index contributed by atoms with van der Waals surface area (Å²) in [5.74, 6) is 0.238. The van der Waals surface area contributed by atoms with Gasteiger partial charge in [0.05, 0.1) is 0 Å². The van der Waals surface area contributed by atoms with Crippen molar-refractivity contribution in [2.75, 3.05) is 0 Å². The molecule has 0 aliphatic carbocycles. The number of phenolic OH excluding ortho intramolecular Hbond substituents is 1. The van der Waals surface area contributed by atoms with Gasteiger partial charge in [0.15, 0.2) is 0 Å². The number of aryl methyl sites for hydroxylation is 1. The topological polar surface area (TPSA) is 20.2 Å². The van der Waals surface area contributed by atoms with E-state index in [0.717, 1.165) is 38.9 Å². The average molecular weight is 677 g/mol. The van der Waals surface area contributed by atoms with E-state index >= 15 is 0 Å². The summed E-state index contributed by atoms with van der Waals surface area (Å²) in [6.45, 7) is 2.12. The Labute approximate surface area is 294 Å². The first kappa shape index (κ1) is 36.1. The van der Waals surface area contributed by atoms with E-state index in [4.69, 9.17) is 0 Å². The SMILES string of the molecule is Cc1cc(C(c2ccccc2)c2ccccc2)c(O)c(C(c2ccccc2)c2ccccc2)c1.[CH3-].[CH3-].[Zr+3].c1ccc2[cH-]ccc2c1. The molecule has 0 aromatic heterocycles. The minimum absolute atomic E-state index is 0. The van der Waals surface area contributed by atoms with Gasteiger partial charge in [0.1, 0.15) is 5.75 Å². The largest absolute Gasteiger partial charge is 3.00 e. The molecule has 227 valence electrons. The third-order valence-corrected chi connectivity index (χ3v) is 8.01. The van der Waals surface area contributed by atoms with Crippen molar-refractivity contribution in [3.05, 3.63) is 230 Å². The van der Waals surface area contributed by atoms with Gasteiger partial charge in [-0.2, -0.15) is 17.5 Å². The van der Waals surface area contributed by atoms with Gasteiger partial charge in [-0.15, -0.1) is 29.7 Å². The Balaban J connectivity index is 0.000000412. The average Bonchev–Trinajstić information content (AvgIpc) is 3.55. The molecule has 0 fully saturated rings. The van der Waals surface area contributed by atoms with Crippen LogP contribution in [0.3, 0.4) is 0 Å². The number of benzene rings is 6. The summed E-state index contributed by atoms with van der Waals surface area (Å²) in [6.07, 6.45) is 0. The molecule has 46 heavy (non-hydrogen) atoms. The standard InChI is InChI=1S/C33H28O.C9H7.2CH3.Zr/c1-24-22-29(31(25-14-6-2-7-15-25)26-16-8-3-9-17-26)33(34)30(23-24)32(27-18-10-4-11-19-27)28-20-12-5-13-21-28;1-2-5-9-7-3-6-8(9)4-1;;;/h2-23,31-32,34H,1H3;1-7H;2*1H3;/q;3*-1;+3. The normalized spacial score (nSPS) is 10.2. The fourth-order valence-corrected chi connectivity index (χ4v) is 6.03. The Morgan fingerprint density at radius 3 is 1.20 bits per heavy atom. The maximum absolute atomic E-state index is 11.9. The molecule has 0 atom stereocenters. The molecule has 0 aliphatic heterocycles. The molecule has 0 saturated heterocycles. The van der Waals surface area contributed by atoms with Crippen LogP contribution in [0.4, 0.5) is 0 Å². The van der Waals surface area contributed by atoms with Crippen LogP contribution in [0, 0.1) is 21.8 Å². The second-order valence-electron chi connectivity index (χ2n) is 11.0. The monoisotopic (exact) mass is 675 g/mol.